The van der Waals surface area contributed by atoms with E-state index in [1.165, 1.54) is 29.6 Å². The monoisotopic (exact) mass is 248 g/mol. The van der Waals surface area contributed by atoms with Crippen LogP contribution in [0.15, 0.2) is 24.3 Å². The standard InChI is InChI=1S/C10H11F3N2O2/c11-10(12,13)15-8(9(14)17)5-6-1-3-7(16)4-2-6/h1-4,8,15-16H,5H2,(H2,14,17)/t8-/m0/s1. The molecule has 94 valence electrons. The topological polar surface area (TPSA) is 75.4 Å². The number of carbonyl (C=O) groups excluding carboxylic acids is 1. The summed E-state index contributed by atoms with van der Waals surface area (Å²) in [4.78, 5) is 10.9. The molecule has 0 saturated carbocycles. The van der Waals surface area contributed by atoms with E-state index >= 15 is 0 Å². The van der Waals surface area contributed by atoms with Crippen LogP contribution in [-0.4, -0.2) is 23.4 Å². The fraction of sp³-hybridized carbons (Fsp3) is 0.300. The number of hydrogen-bond acceptors (Lipinski definition) is 3. The number of halogens is 3. The lowest BCUT2D eigenvalue weighted by Gasteiger charge is -2.17. The predicted molar refractivity (Wildman–Crippen MR) is 54.0 cm³/mol. The van der Waals surface area contributed by atoms with E-state index in [-0.39, 0.29) is 12.2 Å². The fourth-order valence-electron chi connectivity index (χ4n) is 1.29. The van der Waals surface area contributed by atoms with E-state index in [9.17, 15) is 18.0 Å². The van der Waals surface area contributed by atoms with Gasteiger partial charge in [0.25, 0.3) is 0 Å². The van der Waals surface area contributed by atoms with Crippen LogP contribution in [0.2, 0.25) is 0 Å². The molecule has 0 aromatic heterocycles. The maximum Gasteiger partial charge on any atom is 0.457 e. The molecule has 0 saturated heterocycles. The third kappa shape index (κ3) is 4.73. The Morgan fingerprint density at radius 3 is 2.29 bits per heavy atom. The van der Waals surface area contributed by atoms with Crippen LogP contribution in [0, 0.1) is 0 Å². The van der Waals surface area contributed by atoms with E-state index in [2.05, 4.69) is 0 Å². The summed E-state index contributed by atoms with van der Waals surface area (Å²) in [5.74, 6) is -1.09. The Hall–Kier alpha value is -1.76. The Kier molecular flexibility index (Phi) is 3.95. The average molecular weight is 248 g/mol. The van der Waals surface area contributed by atoms with Crippen molar-refractivity contribution in [3.05, 3.63) is 29.8 Å². The molecular formula is C10H11F3N2O2. The summed E-state index contributed by atoms with van der Waals surface area (Å²) in [5, 5.41) is 10.2. The largest absolute Gasteiger partial charge is 0.508 e. The number of phenols is 1. The van der Waals surface area contributed by atoms with Gasteiger partial charge in [-0.2, -0.15) is 13.2 Å². The molecule has 4 N–H and O–H groups in total. The minimum absolute atomic E-state index is 0.00634. The molecule has 0 unspecified atom stereocenters. The van der Waals surface area contributed by atoms with Gasteiger partial charge in [-0.05, 0) is 24.1 Å². The lowest BCUT2D eigenvalue weighted by atomic mass is 10.1. The molecule has 0 aliphatic heterocycles. The Labute approximate surface area is 95.2 Å². The molecule has 1 aromatic carbocycles. The van der Waals surface area contributed by atoms with Crippen LogP contribution < -0.4 is 11.1 Å². The van der Waals surface area contributed by atoms with Gasteiger partial charge in [0.2, 0.25) is 5.91 Å². The zero-order chi connectivity index (χ0) is 13.1. The highest BCUT2D eigenvalue weighted by Crippen LogP contribution is 2.15. The van der Waals surface area contributed by atoms with Gasteiger partial charge in [-0.1, -0.05) is 12.1 Å². The molecule has 0 heterocycles. The lowest BCUT2D eigenvalue weighted by molar-refractivity contribution is -0.167. The molecule has 0 fully saturated rings. The predicted octanol–water partition coefficient (Wildman–Crippen LogP) is 0.898. The molecule has 1 aromatic rings. The first kappa shape index (κ1) is 13.3. The molecule has 0 aliphatic rings. The first-order chi connectivity index (χ1) is 7.78. The lowest BCUT2D eigenvalue weighted by Crippen LogP contribution is -2.49. The molecule has 7 heteroatoms. The number of amides is 1. The van der Waals surface area contributed by atoms with E-state index in [1.54, 1.807) is 0 Å². The van der Waals surface area contributed by atoms with Crippen LogP contribution in [0.1, 0.15) is 5.56 Å². The van der Waals surface area contributed by atoms with Crippen molar-refractivity contribution in [3.63, 3.8) is 0 Å². The van der Waals surface area contributed by atoms with Crippen molar-refractivity contribution < 1.29 is 23.1 Å². The number of nitrogens with two attached hydrogens (primary N) is 1. The van der Waals surface area contributed by atoms with Gasteiger partial charge in [-0.3, -0.25) is 4.79 Å². The maximum absolute atomic E-state index is 12.1. The van der Waals surface area contributed by atoms with Crippen LogP contribution in [0.25, 0.3) is 0 Å². The summed E-state index contributed by atoms with van der Waals surface area (Å²) in [5.41, 5.74) is 5.33. The summed E-state index contributed by atoms with van der Waals surface area (Å²) in [6.45, 7) is 0. The van der Waals surface area contributed by atoms with Crippen molar-refractivity contribution in [2.24, 2.45) is 5.73 Å². The third-order valence-corrected chi connectivity index (χ3v) is 2.06. The SMILES string of the molecule is NC(=O)[C@H](Cc1ccc(O)cc1)NC(F)(F)F. The van der Waals surface area contributed by atoms with Gasteiger partial charge in [-0.15, -0.1) is 0 Å². The van der Waals surface area contributed by atoms with Gasteiger partial charge in [-0.25, -0.2) is 5.32 Å². The number of primary amides is 1. The molecule has 0 spiro atoms. The number of alkyl halides is 3. The van der Waals surface area contributed by atoms with E-state index in [1.807, 2.05) is 0 Å². The third-order valence-electron chi connectivity index (χ3n) is 2.06. The molecular weight excluding hydrogens is 237 g/mol. The van der Waals surface area contributed by atoms with Crippen LogP contribution in [0.5, 0.6) is 5.75 Å². The highest BCUT2D eigenvalue weighted by atomic mass is 19.4. The van der Waals surface area contributed by atoms with Crippen LogP contribution in [0.4, 0.5) is 13.2 Å². The van der Waals surface area contributed by atoms with Crippen molar-refractivity contribution in [1.82, 2.24) is 5.32 Å². The Balaban J connectivity index is 2.73. The summed E-state index contributed by atoms with van der Waals surface area (Å²) >= 11 is 0. The molecule has 4 nitrogen and oxygen atoms in total. The molecule has 0 aliphatic carbocycles. The van der Waals surface area contributed by atoms with Gasteiger partial charge in [0.15, 0.2) is 0 Å². The molecule has 1 amide bonds. The second kappa shape index (κ2) is 5.05. The number of phenolic OH excluding ortho intramolecular Hbond substituents is 1. The zero-order valence-electron chi connectivity index (χ0n) is 8.66. The van der Waals surface area contributed by atoms with Gasteiger partial charge >= 0.3 is 6.30 Å². The minimum Gasteiger partial charge on any atom is -0.508 e. The zero-order valence-corrected chi connectivity index (χ0v) is 8.66. The smallest absolute Gasteiger partial charge is 0.457 e. The highest BCUT2D eigenvalue weighted by molar-refractivity contribution is 5.80. The molecule has 0 radical (unpaired) electrons. The number of benzene rings is 1. The number of rotatable bonds is 4. The van der Waals surface area contributed by atoms with Crippen molar-refractivity contribution in [3.8, 4) is 5.75 Å². The van der Waals surface area contributed by atoms with Crippen LogP contribution >= 0.6 is 0 Å². The summed E-state index contributed by atoms with van der Waals surface area (Å²) in [6, 6.07) is 3.95. The number of nitrogens with one attached hydrogen (secondary N) is 1. The van der Waals surface area contributed by atoms with Gasteiger partial charge in [0, 0.05) is 0 Å². The number of carbonyl (C=O) groups is 1. The Morgan fingerprint density at radius 2 is 1.88 bits per heavy atom. The van der Waals surface area contributed by atoms with Gasteiger partial charge < -0.3 is 10.8 Å². The first-order valence-corrected chi connectivity index (χ1v) is 4.69. The van der Waals surface area contributed by atoms with Crippen molar-refractivity contribution in [2.75, 3.05) is 0 Å². The van der Waals surface area contributed by atoms with Gasteiger partial charge in [0.05, 0.1) is 6.04 Å². The summed E-state index contributed by atoms with van der Waals surface area (Å²) in [7, 11) is 0. The summed E-state index contributed by atoms with van der Waals surface area (Å²) < 4.78 is 36.2. The Morgan fingerprint density at radius 1 is 1.35 bits per heavy atom. The van der Waals surface area contributed by atoms with Crippen LogP contribution in [0.3, 0.4) is 0 Å². The molecule has 17 heavy (non-hydrogen) atoms. The number of hydrogen-bond donors (Lipinski definition) is 3. The second-order valence-corrected chi connectivity index (χ2v) is 3.47. The highest BCUT2D eigenvalue weighted by Gasteiger charge is 2.33. The second-order valence-electron chi connectivity index (χ2n) is 3.47. The Bertz CT molecular complexity index is 390. The molecule has 0 bridgehead atoms. The van der Waals surface area contributed by atoms with Gasteiger partial charge in [0.1, 0.15) is 5.75 Å². The molecule has 1 atom stereocenters. The minimum atomic E-state index is -4.67. The normalized spacial score (nSPS) is 13.4. The van der Waals surface area contributed by atoms with E-state index in [0.29, 0.717) is 5.56 Å². The average Bonchev–Trinajstić information content (AvgIpc) is 2.18. The maximum atomic E-state index is 12.1. The van der Waals surface area contributed by atoms with Crippen molar-refractivity contribution in [1.29, 1.82) is 0 Å². The first-order valence-electron chi connectivity index (χ1n) is 4.69. The quantitative estimate of drug-likeness (QED) is 0.693. The van der Waals surface area contributed by atoms with Crippen LogP contribution in [-0.2, 0) is 11.2 Å². The number of aromatic hydroxyl groups is 1. The fourth-order valence-corrected chi connectivity index (χ4v) is 1.29. The van der Waals surface area contributed by atoms with E-state index in [4.69, 9.17) is 10.8 Å². The molecule has 1 rings (SSSR count). The summed E-state index contributed by atoms with van der Waals surface area (Å²) in [6.07, 6.45) is -4.87. The van der Waals surface area contributed by atoms with Crippen molar-refractivity contribution in [2.45, 2.75) is 18.8 Å². The van der Waals surface area contributed by atoms with E-state index in [0.717, 1.165) is 0 Å². The van der Waals surface area contributed by atoms with E-state index < -0.39 is 18.2 Å². The van der Waals surface area contributed by atoms with Crippen molar-refractivity contribution >= 4 is 5.91 Å².